The molecule has 0 N–H and O–H groups in total. The van der Waals surface area contributed by atoms with Crippen molar-refractivity contribution in [3.63, 3.8) is 0 Å². The number of hydrogen-bond donors (Lipinski definition) is 0. The van der Waals surface area contributed by atoms with Gasteiger partial charge in [-0.1, -0.05) is 13.2 Å². The van der Waals surface area contributed by atoms with Gasteiger partial charge in [0.15, 0.2) is 0 Å². The molecule has 0 saturated carbocycles. The second-order valence-corrected chi connectivity index (χ2v) is 7.89. The summed E-state index contributed by atoms with van der Waals surface area (Å²) in [6.07, 6.45) is 0. The average molecular weight is 426 g/mol. The summed E-state index contributed by atoms with van der Waals surface area (Å²) in [5.41, 5.74) is -0.716. The molecule has 0 radical (unpaired) electrons. The summed E-state index contributed by atoms with van der Waals surface area (Å²) in [5.74, 6) is -4.00. The molecule has 0 atom stereocenters. The van der Waals surface area contributed by atoms with Crippen LogP contribution < -0.4 is 0 Å². The molecule has 8 heteroatoms. The molecule has 2 nitrogen and oxygen atoms in total. The molecular formula is C20H14F4O2S2. The lowest BCUT2D eigenvalue weighted by atomic mass is 10.0. The molecule has 2 aromatic rings. The molecule has 2 rings (SSSR count). The molecule has 0 saturated heterocycles. The van der Waals surface area contributed by atoms with Gasteiger partial charge in [0.05, 0.1) is 9.79 Å². The molecule has 0 aliphatic rings. The highest BCUT2D eigenvalue weighted by atomic mass is 32.2. The lowest BCUT2D eigenvalue weighted by molar-refractivity contribution is -0.108. The van der Waals surface area contributed by atoms with Crippen LogP contribution in [0, 0.1) is 23.3 Å². The minimum absolute atomic E-state index is 0.152. The van der Waals surface area contributed by atoms with Crippen LogP contribution in [0.25, 0.3) is 11.1 Å². The summed E-state index contributed by atoms with van der Waals surface area (Å²) in [6, 6.07) is 2.85. The number of halogens is 4. The molecule has 0 aromatic heterocycles. The molecule has 28 heavy (non-hydrogen) atoms. The fourth-order valence-corrected chi connectivity index (χ4v) is 3.39. The number of rotatable bonds is 5. The van der Waals surface area contributed by atoms with Gasteiger partial charge in [-0.05, 0) is 72.8 Å². The highest BCUT2D eigenvalue weighted by Gasteiger charge is 2.20. The monoisotopic (exact) mass is 426 g/mol. The second kappa shape index (κ2) is 8.79. The molecule has 0 heterocycles. The van der Waals surface area contributed by atoms with Gasteiger partial charge in [0.1, 0.15) is 23.3 Å². The maximum absolute atomic E-state index is 14.4. The highest BCUT2D eigenvalue weighted by Crippen LogP contribution is 2.35. The van der Waals surface area contributed by atoms with Crippen LogP contribution in [0.1, 0.15) is 13.8 Å². The fraction of sp³-hybridized carbons (Fsp3) is 0.100. The summed E-state index contributed by atoms with van der Waals surface area (Å²) < 4.78 is 57.4. The zero-order valence-corrected chi connectivity index (χ0v) is 16.5. The molecule has 0 aliphatic carbocycles. The van der Waals surface area contributed by atoms with E-state index in [0.29, 0.717) is 35.7 Å². The van der Waals surface area contributed by atoms with E-state index in [1.54, 1.807) is 0 Å². The predicted octanol–water partition coefficient (Wildman–Crippen LogP) is 6.30. The summed E-state index contributed by atoms with van der Waals surface area (Å²) in [7, 11) is 0. The lowest BCUT2D eigenvalue weighted by Gasteiger charge is -2.11. The van der Waals surface area contributed by atoms with Gasteiger partial charge in [0.25, 0.3) is 0 Å². The van der Waals surface area contributed by atoms with Gasteiger partial charge in [-0.25, -0.2) is 17.6 Å². The summed E-state index contributed by atoms with van der Waals surface area (Å²) in [4.78, 5) is 22.7. The van der Waals surface area contributed by atoms with Crippen LogP contribution in [-0.2, 0) is 9.59 Å². The van der Waals surface area contributed by atoms with E-state index in [0.717, 1.165) is 12.1 Å². The Labute approximate surface area is 167 Å². The first-order chi connectivity index (χ1) is 13.0. The average Bonchev–Trinajstić information content (AvgIpc) is 2.60. The van der Waals surface area contributed by atoms with Crippen LogP contribution in [0.15, 0.2) is 58.4 Å². The van der Waals surface area contributed by atoms with Crippen LogP contribution >= 0.6 is 23.5 Å². The molecule has 0 unspecified atom stereocenters. The van der Waals surface area contributed by atoms with Crippen molar-refractivity contribution in [3.05, 3.63) is 71.8 Å². The van der Waals surface area contributed by atoms with E-state index < -0.39 is 44.6 Å². The van der Waals surface area contributed by atoms with Crippen molar-refractivity contribution in [1.82, 2.24) is 0 Å². The van der Waals surface area contributed by atoms with Gasteiger partial charge in [-0.2, -0.15) is 0 Å². The first-order valence-electron chi connectivity index (χ1n) is 7.75. The third-order valence-electron chi connectivity index (χ3n) is 3.44. The quantitative estimate of drug-likeness (QED) is 0.319. The third-order valence-corrected chi connectivity index (χ3v) is 5.57. The van der Waals surface area contributed by atoms with Crippen molar-refractivity contribution in [2.75, 3.05) is 0 Å². The zero-order valence-electron chi connectivity index (χ0n) is 14.9. The van der Waals surface area contributed by atoms with Crippen LogP contribution in [-0.4, -0.2) is 10.2 Å². The van der Waals surface area contributed by atoms with E-state index in [4.69, 9.17) is 0 Å². The topological polar surface area (TPSA) is 34.1 Å². The minimum atomic E-state index is -1.03. The molecule has 0 spiro atoms. The van der Waals surface area contributed by atoms with Crippen LogP contribution in [0.4, 0.5) is 17.6 Å². The van der Waals surface area contributed by atoms with Crippen molar-refractivity contribution < 1.29 is 27.2 Å². The van der Waals surface area contributed by atoms with Crippen LogP contribution in [0.5, 0.6) is 0 Å². The molecule has 2 aromatic carbocycles. The normalized spacial score (nSPS) is 10.6. The molecule has 146 valence electrons. The van der Waals surface area contributed by atoms with Crippen molar-refractivity contribution in [3.8, 4) is 11.1 Å². The largest absolute Gasteiger partial charge is 0.282 e. The summed E-state index contributed by atoms with van der Waals surface area (Å²) in [6.45, 7) is 9.69. The second-order valence-electron chi connectivity index (χ2n) is 5.86. The first kappa shape index (κ1) is 22.0. The van der Waals surface area contributed by atoms with E-state index in [1.807, 2.05) is 0 Å². The van der Waals surface area contributed by atoms with E-state index in [2.05, 4.69) is 13.2 Å². The Balaban J connectivity index is 2.45. The van der Waals surface area contributed by atoms with Crippen LogP contribution in [0.3, 0.4) is 0 Å². The Kier molecular flexibility index (Phi) is 6.90. The third kappa shape index (κ3) is 4.94. The van der Waals surface area contributed by atoms with Crippen molar-refractivity contribution in [1.29, 1.82) is 0 Å². The van der Waals surface area contributed by atoms with E-state index >= 15 is 0 Å². The lowest BCUT2D eigenvalue weighted by Crippen LogP contribution is -1.98. The Bertz CT molecular complexity index is 934. The molecule has 0 bridgehead atoms. The summed E-state index contributed by atoms with van der Waals surface area (Å²) in [5, 5.41) is -1.10. The SMILES string of the molecule is C=C(C)C(=O)Sc1cc(F)c(-c2cc(F)c(SC(=O)C(=C)C)cc2F)cc1F. The fourth-order valence-electron chi connectivity index (χ4n) is 2.00. The number of benzene rings is 2. The first-order valence-corrected chi connectivity index (χ1v) is 9.38. The van der Waals surface area contributed by atoms with Gasteiger partial charge in [0, 0.05) is 11.1 Å². The Morgan fingerprint density at radius 2 is 1.00 bits per heavy atom. The van der Waals surface area contributed by atoms with E-state index in [1.165, 1.54) is 13.8 Å². The Morgan fingerprint density at radius 1 is 0.679 bits per heavy atom. The van der Waals surface area contributed by atoms with E-state index in [9.17, 15) is 27.2 Å². The number of carbonyl (C=O) groups is 2. The number of hydrogen-bond acceptors (Lipinski definition) is 4. The van der Waals surface area contributed by atoms with Gasteiger partial charge in [-0.15, -0.1) is 0 Å². The van der Waals surface area contributed by atoms with Gasteiger partial charge < -0.3 is 0 Å². The molecule has 0 aliphatic heterocycles. The zero-order chi connectivity index (χ0) is 21.2. The number of carbonyl (C=O) groups excluding carboxylic acids is 2. The van der Waals surface area contributed by atoms with Crippen molar-refractivity contribution >= 4 is 33.8 Å². The highest BCUT2D eigenvalue weighted by molar-refractivity contribution is 8.14. The molecule has 0 fully saturated rings. The van der Waals surface area contributed by atoms with Gasteiger partial charge in [0.2, 0.25) is 10.2 Å². The Hall–Kier alpha value is -2.32. The standard InChI is InChI=1S/C20H14F4O2S2/c1-9(2)19(25)27-17-7-13(21)11(5-15(17)23)12-6-16(24)18(8-14(12)22)28-20(26)10(3)4/h5-8H,1,3H2,2,4H3. The molecule has 0 amide bonds. The number of thioether (sulfide) groups is 2. The summed E-state index contributed by atoms with van der Waals surface area (Å²) >= 11 is 0.891. The van der Waals surface area contributed by atoms with E-state index in [-0.39, 0.29) is 20.9 Å². The maximum Gasteiger partial charge on any atom is 0.219 e. The molecular weight excluding hydrogens is 412 g/mol. The Morgan fingerprint density at radius 3 is 1.29 bits per heavy atom. The van der Waals surface area contributed by atoms with Crippen LogP contribution in [0.2, 0.25) is 0 Å². The minimum Gasteiger partial charge on any atom is -0.282 e. The van der Waals surface area contributed by atoms with Gasteiger partial charge in [-0.3, -0.25) is 9.59 Å². The van der Waals surface area contributed by atoms with Gasteiger partial charge >= 0.3 is 0 Å². The maximum atomic E-state index is 14.4. The predicted molar refractivity (Wildman–Crippen MR) is 103 cm³/mol. The van der Waals surface area contributed by atoms with Crippen molar-refractivity contribution in [2.24, 2.45) is 0 Å². The van der Waals surface area contributed by atoms with Crippen molar-refractivity contribution in [2.45, 2.75) is 23.6 Å². The smallest absolute Gasteiger partial charge is 0.219 e.